The predicted molar refractivity (Wildman–Crippen MR) is 84.7 cm³/mol. The maximum atomic E-state index is 12.3. The van der Waals surface area contributed by atoms with Gasteiger partial charge in [0.15, 0.2) is 0 Å². The second-order valence-corrected chi connectivity index (χ2v) is 5.23. The van der Waals surface area contributed by atoms with E-state index in [-0.39, 0.29) is 5.91 Å². The van der Waals surface area contributed by atoms with Gasteiger partial charge in [0, 0.05) is 17.1 Å². The molecule has 0 aliphatic carbocycles. The van der Waals surface area contributed by atoms with Crippen LogP contribution in [-0.2, 0) is 6.42 Å². The van der Waals surface area contributed by atoms with E-state index < -0.39 is 0 Å². The number of nitrogens with one attached hydrogen (secondary N) is 1. The summed E-state index contributed by atoms with van der Waals surface area (Å²) in [5.41, 5.74) is 4.70. The Labute approximate surface area is 124 Å². The van der Waals surface area contributed by atoms with Crippen molar-refractivity contribution in [2.24, 2.45) is 0 Å². The first-order chi connectivity index (χ1) is 9.61. The van der Waals surface area contributed by atoms with Crippen LogP contribution in [0.4, 0.5) is 5.69 Å². The smallest absolute Gasteiger partial charge is 0.256 e. The molecule has 104 valence electrons. The summed E-state index contributed by atoms with van der Waals surface area (Å²) < 4.78 is 0. The highest BCUT2D eigenvalue weighted by atomic mass is 35.5. The number of carbonyl (C=O) groups excluding carboxylic acids is 1. The average Bonchev–Trinajstić information content (AvgIpc) is 2.41. The van der Waals surface area contributed by atoms with Crippen LogP contribution < -0.4 is 5.32 Å². The van der Waals surface area contributed by atoms with Crippen molar-refractivity contribution in [1.29, 1.82) is 0 Å². The van der Waals surface area contributed by atoms with Crippen molar-refractivity contribution in [3.8, 4) is 0 Å². The van der Waals surface area contributed by atoms with E-state index in [4.69, 9.17) is 11.6 Å². The molecular formula is C17H18ClNO. The molecule has 0 radical (unpaired) electrons. The number of amides is 1. The second kappa shape index (κ2) is 6.58. The lowest BCUT2D eigenvalue weighted by atomic mass is 10.0. The fourth-order valence-corrected chi connectivity index (χ4v) is 2.45. The third-order valence-electron chi connectivity index (χ3n) is 3.30. The van der Waals surface area contributed by atoms with Gasteiger partial charge in [0.25, 0.3) is 5.91 Å². The number of alkyl halides is 1. The fourth-order valence-electron chi connectivity index (χ4n) is 2.23. The highest BCUT2D eigenvalue weighted by Crippen LogP contribution is 2.17. The summed E-state index contributed by atoms with van der Waals surface area (Å²) >= 11 is 5.71. The summed E-state index contributed by atoms with van der Waals surface area (Å²) in [6.07, 6.45) is 0.840. The molecule has 0 saturated carbocycles. The first-order valence-corrected chi connectivity index (χ1v) is 7.17. The van der Waals surface area contributed by atoms with Gasteiger partial charge in [-0.15, -0.1) is 11.6 Å². The highest BCUT2D eigenvalue weighted by Gasteiger charge is 2.11. The number of anilines is 1. The molecule has 0 spiro atoms. The van der Waals surface area contributed by atoms with Crippen molar-refractivity contribution in [2.75, 3.05) is 11.2 Å². The molecule has 2 aromatic rings. The average molecular weight is 288 g/mol. The predicted octanol–water partition coefficient (Wildman–Crippen LogP) is 4.34. The SMILES string of the molecule is Cc1cccc(C)c1C(=O)Nc1ccc(CCCl)cc1. The number of hydrogen-bond donors (Lipinski definition) is 1. The minimum Gasteiger partial charge on any atom is -0.322 e. The molecule has 2 rings (SSSR count). The van der Waals surface area contributed by atoms with E-state index in [2.05, 4.69) is 5.32 Å². The minimum absolute atomic E-state index is 0.0642. The van der Waals surface area contributed by atoms with E-state index in [0.29, 0.717) is 5.88 Å². The zero-order valence-corrected chi connectivity index (χ0v) is 12.5. The summed E-state index contributed by atoms with van der Waals surface area (Å²) in [5.74, 6) is 0.541. The van der Waals surface area contributed by atoms with Crippen LogP contribution in [0.1, 0.15) is 27.0 Å². The van der Waals surface area contributed by atoms with Crippen molar-refractivity contribution in [1.82, 2.24) is 0 Å². The number of hydrogen-bond acceptors (Lipinski definition) is 1. The monoisotopic (exact) mass is 287 g/mol. The lowest BCUT2D eigenvalue weighted by Crippen LogP contribution is -2.14. The Hall–Kier alpha value is -1.80. The van der Waals surface area contributed by atoms with Crippen LogP contribution in [-0.4, -0.2) is 11.8 Å². The van der Waals surface area contributed by atoms with Crippen molar-refractivity contribution < 1.29 is 4.79 Å². The minimum atomic E-state index is -0.0642. The molecular weight excluding hydrogens is 270 g/mol. The molecule has 1 amide bonds. The van der Waals surface area contributed by atoms with Gasteiger partial charge in [-0.25, -0.2) is 0 Å². The van der Waals surface area contributed by atoms with Gasteiger partial charge in [-0.2, -0.15) is 0 Å². The molecule has 0 unspecified atom stereocenters. The molecule has 0 aromatic heterocycles. The van der Waals surface area contributed by atoms with E-state index in [1.807, 2.05) is 56.3 Å². The first kappa shape index (κ1) is 14.6. The maximum absolute atomic E-state index is 12.3. The molecule has 0 fully saturated rings. The molecule has 3 heteroatoms. The van der Waals surface area contributed by atoms with Crippen LogP contribution in [0.3, 0.4) is 0 Å². The van der Waals surface area contributed by atoms with Gasteiger partial charge in [0.05, 0.1) is 0 Å². The molecule has 20 heavy (non-hydrogen) atoms. The Morgan fingerprint density at radius 3 is 2.20 bits per heavy atom. The number of halogens is 1. The Balaban J connectivity index is 2.15. The normalized spacial score (nSPS) is 10.3. The summed E-state index contributed by atoms with van der Waals surface area (Å²) in [4.78, 5) is 12.3. The molecule has 0 saturated heterocycles. The molecule has 1 N–H and O–H groups in total. The van der Waals surface area contributed by atoms with Crippen LogP contribution in [0, 0.1) is 13.8 Å². The summed E-state index contributed by atoms with van der Waals surface area (Å²) in [5, 5.41) is 2.94. The molecule has 2 aromatic carbocycles. The Morgan fingerprint density at radius 2 is 1.65 bits per heavy atom. The Bertz CT molecular complexity index is 585. The number of benzene rings is 2. The van der Waals surface area contributed by atoms with E-state index in [1.54, 1.807) is 0 Å². The molecule has 2 nitrogen and oxygen atoms in total. The third-order valence-corrected chi connectivity index (χ3v) is 3.49. The van der Waals surface area contributed by atoms with Gasteiger partial charge in [0.2, 0.25) is 0 Å². The van der Waals surface area contributed by atoms with E-state index in [9.17, 15) is 4.79 Å². The van der Waals surface area contributed by atoms with Gasteiger partial charge >= 0.3 is 0 Å². The summed E-state index contributed by atoms with van der Waals surface area (Å²) in [6, 6.07) is 13.7. The van der Waals surface area contributed by atoms with Crippen molar-refractivity contribution in [3.05, 3.63) is 64.7 Å². The first-order valence-electron chi connectivity index (χ1n) is 6.64. The highest BCUT2D eigenvalue weighted by molar-refractivity contribution is 6.18. The molecule has 0 bridgehead atoms. The zero-order chi connectivity index (χ0) is 14.5. The lowest BCUT2D eigenvalue weighted by molar-refractivity contribution is 0.102. The quantitative estimate of drug-likeness (QED) is 0.833. The van der Waals surface area contributed by atoms with Crippen LogP contribution >= 0.6 is 11.6 Å². The molecule has 0 aliphatic rings. The van der Waals surface area contributed by atoms with Gasteiger partial charge in [-0.05, 0) is 49.1 Å². The van der Waals surface area contributed by atoms with E-state index in [1.165, 1.54) is 5.56 Å². The Kier molecular flexibility index (Phi) is 4.80. The molecule has 0 aliphatic heterocycles. The number of carbonyl (C=O) groups is 1. The number of aryl methyl sites for hydroxylation is 3. The van der Waals surface area contributed by atoms with Gasteiger partial charge in [-0.3, -0.25) is 4.79 Å². The largest absolute Gasteiger partial charge is 0.322 e. The third kappa shape index (κ3) is 3.40. The van der Waals surface area contributed by atoms with Crippen molar-refractivity contribution in [2.45, 2.75) is 20.3 Å². The summed E-state index contributed by atoms with van der Waals surface area (Å²) in [7, 11) is 0. The van der Waals surface area contributed by atoms with Crippen LogP contribution in [0.5, 0.6) is 0 Å². The van der Waals surface area contributed by atoms with Crippen LogP contribution in [0.15, 0.2) is 42.5 Å². The molecule has 0 heterocycles. The van der Waals surface area contributed by atoms with Crippen molar-refractivity contribution in [3.63, 3.8) is 0 Å². The Morgan fingerprint density at radius 1 is 1.05 bits per heavy atom. The zero-order valence-electron chi connectivity index (χ0n) is 11.7. The van der Waals surface area contributed by atoms with E-state index >= 15 is 0 Å². The van der Waals surface area contributed by atoms with Gasteiger partial charge in [0.1, 0.15) is 0 Å². The second-order valence-electron chi connectivity index (χ2n) is 4.86. The topological polar surface area (TPSA) is 29.1 Å². The van der Waals surface area contributed by atoms with E-state index in [0.717, 1.165) is 28.8 Å². The maximum Gasteiger partial charge on any atom is 0.256 e. The van der Waals surface area contributed by atoms with Crippen molar-refractivity contribution >= 4 is 23.2 Å². The van der Waals surface area contributed by atoms with Crippen LogP contribution in [0.25, 0.3) is 0 Å². The number of rotatable bonds is 4. The standard InChI is InChI=1S/C17H18ClNO/c1-12-4-3-5-13(2)16(12)17(20)19-15-8-6-14(7-9-15)10-11-18/h3-9H,10-11H2,1-2H3,(H,19,20). The summed E-state index contributed by atoms with van der Waals surface area (Å²) in [6.45, 7) is 3.90. The van der Waals surface area contributed by atoms with Crippen LogP contribution in [0.2, 0.25) is 0 Å². The lowest BCUT2D eigenvalue weighted by Gasteiger charge is -2.10. The fraction of sp³-hybridized carbons (Fsp3) is 0.235. The van der Waals surface area contributed by atoms with Gasteiger partial charge in [-0.1, -0.05) is 30.3 Å². The van der Waals surface area contributed by atoms with Gasteiger partial charge < -0.3 is 5.32 Å². The molecule has 0 atom stereocenters.